The van der Waals surface area contributed by atoms with Gasteiger partial charge in [-0.1, -0.05) is 18.2 Å². The molecule has 1 aliphatic rings. The Morgan fingerprint density at radius 2 is 1.79 bits per heavy atom. The zero-order valence-corrected chi connectivity index (χ0v) is 20.3. The topological polar surface area (TPSA) is 102 Å². The number of ether oxygens (including phenoxy) is 1. The van der Waals surface area contributed by atoms with E-state index in [-0.39, 0.29) is 5.96 Å². The Kier molecular flexibility index (Phi) is 7.33. The number of benzene rings is 2. The van der Waals surface area contributed by atoms with Crippen molar-refractivity contribution >= 4 is 23.0 Å². The predicted molar refractivity (Wildman–Crippen MR) is 141 cm³/mol. The average Bonchev–Trinajstić information content (AvgIpc) is 3.30. The van der Waals surface area contributed by atoms with Crippen LogP contribution in [0.4, 0.5) is 17.1 Å². The number of likely N-dealkylation sites (tertiary alicyclic amines) is 1. The molecule has 178 valence electrons. The molecular weight excluding hydrogens is 424 g/mol. The van der Waals surface area contributed by atoms with Gasteiger partial charge in [-0.2, -0.15) is 0 Å². The van der Waals surface area contributed by atoms with Crippen LogP contribution in [-0.4, -0.2) is 42.1 Å². The quantitative estimate of drug-likeness (QED) is 0.267. The van der Waals surface area contributed by atoms with Crippen LogP contribution in [0.25, 0.3) is 11.1 Å². The Hall–Kier alpha value is -3.58. The summed E-state index contributed by atoms with van der Waals surface area (Å²) in [6.07, 6.45) is 4.24. The molecule has 0 spiro atoms. The maximum absolute atomic E-state index is 6.41. The molecule has 3 aromatic rings. The minimum absolute atomic E-state index is 0.254. The van der Waals surface area contributed by atoms with E-state index in [2.05, 4.69) is 58.3 Å². The predicted octanol–water partition coefficient (Wildman–Crippen LogP) is 4.79. The van der Waals surface area contributed by atoms with Gasteiger partial charge in [0.1, 0.15) is 6.61 Å². The molecule has 1 aromatic heterocycles. The van der Waals surface area contributed by atoms with Crippen molar-refractivity contribution in [2.45, 2.75) is 33.6 Å². The van der Waals surface area contributed by atoms with Gasteiger partial charge in [-0.3, -0.25) is 4.90 Å². The minimum atomic E-state index is 0.254. The van der Waals surface area contributed by atoms with E-state index in [1.807, 2.05) is 25.1 Å². The Bertz CT molecular complexity index is 1140. The van der Waals surface area contributed by atoms with Crippen molar-refractivity contribution in [3.8, 4) is 17.0 Å². The van der Waals surface area contributed by atoms with E-state index in [9.17, 15) is 0 Å². The second-order valence-corrected chi connectivity index (χ2v) is 8.90. The van der Waals surface area contributed by atoms with Crippen molar-refractivity contribution in [3.63, 3.8) is 0 Å². The highest BCUT2D eigenvalue weighted by Crippen LogP contribution is 2.35. The lowest BCUT2D eigenvalue weighted by Gasteiger charge is -2.15. The van der Waals surface area contributed by atoms with E-state index >= 15 is 0 Å². The molecule has 7 nitrogen and oxygen atoms in total. The molecule has 0 unspecified atom stereocenters. The Morgan fingerprint density at radius 1 is 1.06 bits per heavy atom. The first-order chi connectivity index (χ1) is 16.4. The van der Waals surface area contributed by atoms with Gasteiger partial charge in [-0.25, -0.2) is 9.98 Å². The zero-order valence-electron chi connectivity index (χ0n) is 20.3. The van der Waals surface area contributed by atoms with Crippen LogP contribution in [0.5, 0.6) is 5.88 Å². The number of hydrogen-bond acceptors (Lipinski definition) is 5. The van der Waals surface area contributed by atoms with Crippen LogP contribution in [-0.2, 0) is 0 Å². The number of guanidine groups is 1. The maximum Gasteiger partial charge on any atom is 0.215 e. The van der Waals surface area contributed by atoms with Gasteiger partial charge in [-0.15, -0.1) is 0 Å². The van der Waals surface area contributed by atoms with Gasteiger partial charge in [0.2, 0.25) is 5.88 Å². The Balaban J connectivity index is 1.46. The first-order valence-electron chi connectivity index (χ1n) is 11.8. The molecule has 2 heterocycles. The smallest absolute Gasteiger partial charge is 0.215 e. The molecule has 5 N–H and O–H groups in total. The number of nitrogens with two attached hydrogens (primary N) is 2. The van der Waals surface area contributed by atoms with E-state index in [1.165, 1.54) is 29.5 Å². The number of nitrogens with one attached hydrogen (secondary N) is 1. The van der Waals surface area contributed by atoms with Crippen molar-refractivity contribution < 1.29 is 4.74 Å². The van der Waals surface area contributed by atoms with Crippen LogP contribution in [0.3, 0.4) is 0 Å². The lowest BCUT2D eigenvalue weighted by atomic mass is 9.94. The van der Waals surface area contributed by atoms with E-state index in [1.54, 1.807) is 6.20 Å². The zero-order chi connectivity index (χ0) is 24.1. The molecule has 0 aliphatic carbocycles. The molecule has 4 rings (SSSR count). The molecule has 34 heavy (non-hydrogen) atoms. The monoisotopic (exact) mass is 458 g/mol. The number of pyridine rings is 1. The fourth-order valence-corrected chi connectivity index (χ4v) is 4.52. The van der Waals surface area contributed by atoms with Gasteiger partial charge in [0.15, 0.2) is 5.96 Å². The van der Waals surface area contributed by atoms with Crippen molar-refractivity contribution in [3.05, 3.63) is 65.4 Å². The maximum atomic E-state index is 6.41. The highest BCUT2D eigenvalue weighted by molar-refractivity contribution is 5.95. The average molecular weight is 459 g/mol. The van der Waals surface area contributed by atoms with Crippen LogP contribution in [0.2, 0.25) is 0 Å². The van der Waals surface area contributed by atoms with Crippen molar-refractivity contribution in [1.82, 2.24) is 9.88 Å². The van der Waals surface area contributed by atoms with Gasteiger partial charge >= 0.3 is 0 Å². The van der Waals surface area contributed by atoms with Gasteiger partial charge in [-0.05, 0) is 92.7 Å². The van der Waals surface area contributed by atoms with Gasteiger partial charge in [0, 0.05) is 24.5 Å². The fourth-order valence-electron chi connectivity index (χ4n) is 4.52. The molecule has 1 fully saturated rings. The van der Waals surface area contributed by atoms with Crippen LogP contribution >= 0.6 is 0 Å². The van der Waals surface area contributed by atoms with Crippen molar-refractivity contribution in [1.29, 1.82) is 0 Å². The SMILES string of the molecule is Cc1cc(-c2c(C)cccc2C)cc(N)c1N=C(N)Nc1ccnc(OCCN2CCCC2)c1. The summed E-state index contributed by atoms with van der Waals surface area (Å²) >= 11 is 0. The first kappa shape index (κ1) is 23.6. The summed E-state index contributed by atoms with van der Waals surface area (Å²) in [4.78, 5) is 11.3. The molecule has 7 heteroatoms. The standard InChI is InChI=1S/C27H34N6O/c1-18-7-6-8-19(2)25(18)21-15-20(3)26(23(28)16-21)32-27(29)31-22-9-10-30-24(17-22)34-14-13-33-11-4-5-12-33/h6-10,15-17H,4-5,11-14,28H2,1-3H3,(H3,29,30,31,32). The normalized spacial score (nSPS) is 14.4. The number of nitrogens with zero attached hydrogens (tertiary/aromatic N) is 3. The second-order valence-electron chi connectivity index (χ2n) is 8.90. The van der Waals surface area contributed by atoms with E-state index < -0.39 is 0 Å². The van der Waals surface area contributed by atoms with E-state index in [0.29, 0.717) is 23.9 Å². The van der Waals surface area contributed by atoms with Gasteiger partial charge < -0.3 is 21.5 Å². The molecule has 1 saturated heterocycles. The van der Waals surface area contributed by atoms with Crippen LogP contribution in [0.15, 0.2) is 53.7 Å². The summed E-state index contributed by atoms with van der Waals surface area (Å²) in [7, 11) is 0. The van der Waals surface area contributed by atoms with Crippen LogP contribution in [0.1, 0.15) is 29.5 Å². The summed E-state index contributed by atoms with van der Waals surface area (Å²) < 4.78 is 5.83. The third-order valence-electron chi connectivity index (χ3n) is 6.20. The van der Waals surface area contributed by atoms with Crippen LogP contribution < -0.4 is 21.5 Å². The Labute approximate surface area is 201 Å². The Morgan fingerprint density at radius 3 is 2.50 bits per heavy atom. The third-order valence-corrected chi connectivity index (χ3v) is 6.20. The molecule has 2 aromatic carbocycles. The number of aryl methyl sites for hydroxylation is 3. The van der Waals surface area contributed by atoms with E-state index in [4.69, 9.17) is 16.2 Å². The van der Waals surface area contributed by atoms with Gasteiger partial charge in [0.25, 0.3) is 0 Å². The summed E-state index contributed by atoms with van der Waals surface area (Å²) in [5, 5.41) is 3.12. The minimum Gasteiger partial charge on any atom is -0.476 e. The third kappa shape index (κ3) is 5.66. The number of hydrogen-bond donors (Lipinski definition) is 3. The molecule has 0 amide bonds. The van der Waals surface area contributed by atoms with Crippen molar-refractivity contribution in [2.75, 3.05) is 37.3 Å². The number of nitrogen functional groups attached to an aromatic ring is 1. The lowest BCUT2D eigenvalue weighted by molar-refractivity contribution is 0.232. The fraction of sp³-hybridized carbons (Fsp3) is 0.333. The summed E-state index contributed by atoms with van der Waals surface area (Å²) in [6.45, 7) is 10.1. The molecular formula is C27H34N6O. The van der Waals surface area contributed by atoms with Gasteiger partial charge in [0.05, 0.1) is 11.4 Å². The molecule has 0 bridgehead atoms. The summed E-state index contributed by atoms with van der Waals surface area (Å²) in [6, 6.07) is 14.0. The largest absolute Gasteiger partial charge is 0.476 e. The number of anilines is 2. The molecule has 0 atom stereocenters. The summed E-state index contributed by atoms with van der Waals surface area (Å²) in [5.41, 5.74) is 20.3. The molecule has 0 radical (unpaired) electrons. The highest BCUT2D eigenvalue weighted by Gasteiger charge is 2.12. The first-order valence-corrected chi connectivity index (χ1v) is 11.8. The lowest BCUT2D eigenvalue weighted by Crippen LogP contribution is -2.25. The number of aliphatic imine (C=N–C) groups is 1. The molecule has 1 aliphatic heterocycles. The van der Waals surface area contributed by atoms with Crippen molar-refractivity contribution in [2.24, 2.45) is 10.7 Å². The highest BCUT2D eigenvalue weighted by atomic mass is 16.5. The molecule has 0 saturated carbocycles. The van der Waals surface area contributed by atoms with E-state index in [0.717, 1.165) is 36.4 Å². The summed E-state index contributed by atoms with van der Waals surface area (Å²) in [5.74, 6) is 0.814. The number of rotatable bonds is 7. The number of aromatic nitrogens is 1. The van der Waals surface area contributed by atoms with Crippen LogP contribution in [0, 0.1) is 20.8 Å². The second kappa shape index (κ2) is 10.6.